The monoisotopic (exact) mass is 536 g/mol. The number of anilines is 1. The van der Waals surface area contributed by atoms with Gasteiger partial charge in [-0.25, -0.2) is 0 Å². The highest BCUT2D eigenvalue weighted by Crippen LogP contribution is 2.22. The molecule has 0 aliphatic carbocycles. The molecule has 1 aromatic rings. The van der Waals surface area contributed by atoms with Crippen LogP contribution in [0.3, 0.4) is 0 Å². The highest BCUT2D eigenvalue weighted by molar-refractivity contribution is 14.0. The number of guanidine groups is 1. The van der Waals surface area contributed by atoms with E-state index in [1.165, 1.54) is 18.5 Å². The second kappa shape index (κ2) is 11.3. The Morgan fingerprint density at radius 2 is 2.12 bits per heavy atom. The van der Waals surface area contributed by atoms with Crippen LogP contribution in [0.5, 0.6) is 0 Å². The molecule has 1 aromatic carbocycles. The summed E-state index contributed by atoms with van der Waals surface area (Å²) in [5, 5.41) is 6.97. The summed E-state index contributed by atoms with van der Waals surface area (Å²) in [6.45, 7) is 6.82. The van der Waals surface area contributed by atoms with Crippen molar-refractivity contribution in [2.24, 2.45) is 4.99 Å². The number of benzene rings is 1. The van der Waals surface area contributed by atoms with E-state index in [-0.39, 0.29) is 24.0 Å². The van der Waals surface area contributed by atoms with Crippen LogP contribution >= 0.6 is 39.9 Å². The number of nitrogens with zero attached hydrogens (tertiary/aromatic N) is 2. The molecule has 7 heteroatoms. The lowest BCUT2D eigenvalue weighted by Gasteiger charge is -2.20. The van der Waals surface area contributed by atoms with Gasteiger partial charge in [0.25, 0.3) is 0 Å². The molecule has 2 unspecified atom stereocenters. The van der Waals surface area contributed by atoms with Gasteiger partial charge in [-0.05, 0) is 56.9 Å². The minimum absolute atomic E-state index is 0. The Morgan fingerprint density at radius 1 is 1.31 bits per heavy atom. The molecule has 0 aromatic heterocycles. The maximum absolute atomic E-state index is 5.68. The molecule has 2 atom stereocenters. The Hall–Kier alpha value is -0.540. The van der Waals surface area contributed by atoms with Gasteiger partial charge in [0.05, 0.1) is 6.10 Å². The van der Waals surface area contributed by atoms with Gasteiger partial charge in [0.1, 0.15) is 0 Å². The summed E-state index contributed by atoms with van der Waals surface area (Å²) in [6, 6.07) is 8.99. The topological polar surface area (TPSA) is 48.9 Å². The number of nitrogens with one attached hydrogen (secondary N) is 2. The van der Waals surface area contributed by atoms with Crippen LogP contribution in [0.1, 0.15) is 32.6 Å². The Morgan fingerprint density at radius 3 is 2.81 bits per heavy atom. The van der Waals surface area contributed by atoms with E-state index < -0.39 is 0 Å². The summed E-state index contributed by atoms with van der Waals surface area (Å²) < 4.78 is 6.80. The van der Waals surface area contributed by atoms with Gasteiger partial charge in [-0.3, -0.25) is 4.99 Å². The van der Waals surface area contributed by atoms with Gasteiger partial charge in [-0.2, -0.15) is 0 Å². The van der Waals surface area contributed by atoms with Gasteiger partial charge in [-0.1, -0.05) is 15.9 Å². The van der Waals surface area contributed by atoms with Crippen LogP contribution in [-0.4, -0.2) is 50.9 Å². The zero-order chi connectivity index (χ0) is 17.5. The minimum atomic E-state index is 0. The first-order valence-corrected chi connectivity index (χ1v) is 10.2. The molecule has 0 saturated carbocycles. The smallest absolute Gasteiger partial charge is 0.191 e. The molecule has 0 spiro atoms. The molecule has 2 saturated heterocycles. The molecule has 0 amide bonds. The fourth-order valence-electron chi connectivity index (χ4n) is 3.47. The van der Waals surface area contributed by atoms with Gasteiger partial charge in [0.15, 0.2) is 5.96 Å². The van der Waals surface area contributed by atoms with Gasteiger partial charge in [0, 0.05) is 49.0 Å². The molecule has 2 aliphatic heterocycles. The van der Waals surface area contributed by atoms with Crippen LogP contribution in [-0.2, 0) is 4.74 Å². The van der Waals surface area contributed by atoms with Crippen molar-refractivity contribution in [3.8, 4) is 0 Å². The Labute approximate surface area is 182 Å². The normalized spacial score (nSPS) is 23.0. The molecule has 2 heterocycles. The molecular formula is C19H30BrIN4O. The highest BCUT2D eigenvalue weighted by Gasteiger charge is 2.23. The van der Waals surface area contributed by atoms with Crippen LogP contribution in [0.15, 0.2) is 33.7 Å². The van der Waals surface area contributed by atoms with Crippen molar-refractivity contribution in [2.75, 3.05) is 37.7 Å². The van der Waals surface area contributed by atoms with Crippen molar-refractivity contribution in [1.29, 1.82) is 0 Å². The van der Waals surface area contributed by atoms with E-state index >= 15 is 0 Å². The standard InChI is InChI=1S/C19H29BrN4O.HI/c1-2-21-19(22-11-9-18-4-3-13-25-18)23-16-10-12-24(14-16)17-7-5-15(20)6-8-17;/h5-8,16,18H,2-4,9-14H2,1H3,(H2,21,22,23);1H. The van der Waals surface area contributed by atoms with Crippen LogP contribution in [0.25, 0.3) is 0 Å². The minimum Gasteiger partial charge on any atom is -0.378 e. The molecular weight excluding hydrogens is 507 g/mol. The fraction of sp³-hybridized carbons (Fsp3) is 0.632. The molecule has 26 heavy (non-hydrogen) atoms. The van der Waals surface area contributed by atoms with Gasteiger partial charge >= 0.3 is 0 Å². The molecule has 2 N–H and O–H groups in total. The first-order valence-electron chi connectivity index (χ1n) is 9.41. The van der Waals surface area contributed by atoms with E-state index in [2.05, 4.69) is 62.7 Å². The van der Waals surface area contributed by atoms with E-state index in [4.69, 9.17) is 9.73 Å². The number of hydrogen-bond acceptors (Lipinski definition) is 3. The van der Waals surface area contributed by atoms with E-state index in [9.17, 15) is 0 Å². The lowest BCUT2D eigenvalue weighted by Crippen LogP contribution is -2.44. The summed E-state index contributed by atoms with van der Waals surface area (Å²) in [6.07, 6.45) is 4.94. The molecule has 2 fully saturated rings. The molecule has 0 bridgehead atoms. The zero-order valence-electron chi connectivity index (χ0n) is 15.4. The number of hydrogen-bond donors (Lipinski definition) is 2. The summed E-state index contributed by atoms with van der Waals surface area (Å²) in [4.78, 5) is 7.17. The second-order valence-corrected chi connectivity index (χ2v) is 7.65. The first kappa shape index (κ1) is 21.8. The van der Waals surface area contributed by atoms with Crippen molar-refractivity contribution in [3.63, 3.8) is 0 Å². The van der Waals surface area contributed by atoms with E-state index in [0.29, 0.717) is 12.1 Å². The molecule has 2 aliphatic rings. The lowest BCUT2D eigenvalue weighted by molar-refractivity contribution is 0.106. The molecule has 5 nitrogen and oxygen atoms in total. The van der Waals surface area contributed by atoms with Crippen molar-refractivity contribution in [2.45, 2.75) is 44.8 Å². The largest absolute Gasteiger partial charge is 0.378 e. The number of halogens is 2. The fourth-order valence-corrected chi connectivity index (χ4v) is 3.73. The number of rotatable bonds is 6. The molecule has 146 valence electrons. The van der Waals surface area contributed by atoms with Gasteiger partial charge < -0.3 is 20.3 Å². The van der Waals surface area contributed by atoms with Crippen LogP contribution in [0.4, 0.5) is 5.69 Å². The summed E-state index contributed by atoms with van der Waals surface area (Å²) in [5.74, 6) is 0.933. The lowest BCUT2D eigenvalue weighted by atomic mass is 10.2. The zero-order valence-corrected chi connectivity index (χ0v) is 19.3. The van der Waals surface area contributed by atoms with E-state index in [0.717, 1.165) is 56.1 Å². The van der Waals surface area contributed by atoms with Gasteiger partial charge in [0.2, 0.25) is 0 Å². The molecule has 0 radical (unpaired) electrons. The summed E-state index contributed by atoms with van der Waals surface area (Å²) in [7, 11) is 0. The van der Waals surface area contributed by atoms with Gasteiger partial charge in [-0.15, -0.1) is 24.0 Å². The third kappa shape index (κ3) is 6.56. The SMILES string of the molecule is CCNC(=NCCC1CCCO1)NC1CCN(c2ccc(Br)cc2)C1.I. The average molecular weight is 537 g/mol. The summed E-state index contributed by atoms with van der Waals surface area (Å²) in [5.41, 5.74) is 1.29. The van der Waals surface area contributed by atoms with Crippen LogP contribution in [0, 0.1) is 0 Å². The first-order chi connectivity index (χ1) is 12.2. The number of aliphatic imine (C=N–C) groups is 1. The van der Waals surface area contributed by atoms with Crippen LogP contribution < -0.4 is 15.5 Å². The van der Waals surface area contributed by atoms with Crippen LogP contribution in [0.2, 0.25) is 0 Å². The third-order valence-electron chi connectivity index (χ3n) is 4.81. The average Bonchev–Trinajstić information content (AvgIpc) is 3.28. The van der Waals surface area contributed by atoms with Crippen molar-refractivity contribution >= 4 is 51.6 Å². The Kier molecular flexibility index (Phi) is 9.49. The van der Waals surface area contributed by atoms with Crippen molar-refractivity contribution in [1.82, 2.24) is 10.6 Å². The maximum Gasteiger partial charge on any atom is 0.191 e. The molecule has 3 rings (SSSR count). The Bertz CT molecular complexity index is 563. The number of ether oxygens (including phenoxy) is 1. The predicted octanol–water partition coefficient (Wildman–Crippen LogP) is 3.77. The summed E-state index contributed by atoms with van der Waals surface area (Å²) >= 11 is 3.50. The Balaban J connectivity index is 0.00000243. The quantitative estimate of drug-likeness (QED) is 0.330. The van der Waals surface area contributed by atoms with E-state index in [1.54, 1.807) is 0 Å². The van der Waals surface area contributed by atoms with E-state index in [1.807, 2.05) is 0 Å². The maximum atomic E-state index is 5.68. The van der Waals surface area contributed by atoms with Crippen molar-refractivity contribution < 1.29 is 4.74 Å². The highest BCUT2D eigenvalue weighted by atomic mass is 127. The third-order valence-corrected chi connectivity index (χ3v) is 5.34. The van der Waals surface area contributed by atoms with Crippen molar-refractivity contribution in [3.05, 3.63) is 28.7 Å². The second-order valence-electron chi connectivity index (χ2n) is 6.74. The predicted molar refractivity (Wildman–Crippen MR) is 123 cm³/mol.